The number of halogens is 2. The van der Waals surface area contributed by atoms with Gasteiger partial charge in [0.25, 0.3) is 0 Å². The highest BCUT2D eigenvalue weighted by Gasteiger charge is 2.08. The van der Waals surface area contributed by atoms with Crippen LogP contribution in [0.4, 0.5) is 0 Å². The molecule has 0 aliphatic carbocycles. The van der Waals surface area contributed by atoms with E-state index in [2.05, 4.69) is 10.3 Å². The molecule has 22 heavy (non-hydrogen) atoms. The maximum Gasteiger partial charge on any atom is 0.224 e. The van der Waals surface area contributed by atoms with E-state index in [0.29, 0.717) is 16.6 Å². The summed E-state index contributed by atoms with van der Waals surface area (Å²) in [6, 6.07) is 10.9. The summed E-state index contributed by atoms with van der Waals surface area (Å²) in [6.45, 7) is 0.364. The second-order valence-electron chi connectivity index (χ2n) is 4.89. The Kier molecular flexibility index (Phi) is 4.32. The average molecular weight is 334 g/mol. The van der Waals surface area contributed by atoms with Crippen molar-refractivity contribution >= 4 is 34.8 Å². The molecule has 0 atom stereocenters. The Hall–Kier alpha value is -2.04. The molecule has 1 N–H and O–H groups in total. The predicted octanol–water partition coefficient (Wildman–Crippen LogP) is 3.50. The van der Waals surface area contributed by atoms with Gasteiger partial charge in [-0.25, -0.2) is 4.98 Å². The summed E-state index contributed by atoms with van der Waals surface area (Å²) in [5.74, 6) is -0.0943. The lowest BCUT2D eigenvalue weighted by molar-refractivity contribution is -0.120. The number of nitrogens with one attached hydrogen (secondary N) is 1. The minimum atomic E-state index is -0.0943. The van der Waals surface area contributed by atoms with Crippen LogP contribution in [0.25, 0.3) is 5.65 Å². The third kappa shape index (κ3) is 3.40. The van der Waals surface area contributed by atoms with Crippen LogP contribution in [0.1, 0.15) is 11.3 Å². The van der Waals surface area contributed by atoms with Crippen LogP contribution >= 0.6 is 23.2 Å². The summed E-state index contributed by atoms with van der Waals surface area (Å²) in [5.41, 5.74) is 2.37. The van der Waals surface area contributed by atoms with Crippen molar-refractivity contribution in [2.45, 2.75) is 13.0 Å². The molecule has 1 amide bonds. The first-order valence-corrected chi connectivity index (χ1v) is 7.50. The summed E-state index contributed by atoms with van der Waals surface area (Å²) in [4.78, 5) is 16.4. The number of imidazole rings is 1. The van der Waals surface area contributed by atoms with E-state index in [1.807, 2.05) is 34.9 Å². The fraction of sp³-hybridized carbons (Fsp3) is 0.125. The van der Waals surface area contributed by atoms with Crippen molar-refractivity contribution in [1.82, 2.24) is 14.7 Å². The minimum Gasteiger partial charge on any atom is -0.350 e. The van der Waals surface area contributed by atoms with Gasteiger partial charge in [0.1, 0.15) is 5.65 Å². The van der Waals surface area contributed by atoms with Gasteiger partial charge in [-0.15, -0.1) is 0 Å². The van der Waals surface area contributed by atoms with Crippen LogP contribution in [-0.2, 0) is 17.8 Å². The molecule has 0 fully saturated rings. The number of benzene rings is 1. The second kappa shape index (κ2) is 6.38. The van der Waals surface area contributed by atoms with E-state index >= 15 is 0 Å². The first kappa shape index (κ1) is 14.9. The third-order valence-electron chi connectivity index (χ3n) is 3.24. The molecule has 0 spiro atoms. The summed E-state index contributed by atoms with van der Waals surface area (Å²) in [6.07, 6.45) is 3.87. The zero-order chi connectivity index (χ0) is 15.5. The zero-order valence-electron chi connectivity index (χ0n) is 11.6. The zero-order valence-corrected chi connectivity index (χ0v) is 13.1. The number of hydrogen-bond donors (Lipinski definition) is 1. The molecule has 6 heteroatoms. The van der Waals surface area contributed by atoms with Crippen LogP contribution < -0.4 is 5.32 Å². The summed E-state index contributed by atoms with van der Waals surface area (Å²) >= 11 is 12.0. The van der Waals surface area contributed by atoms with Gasteiger partial charge in [-0.1, -0.05) is 41.4 Å². The molecule has 0 aliphatic rings. The van der Waals surface area contributed by atoms with Gasteiger partial charge in [0.15, 0.2) is 0 Å². The molecular formula is C16H13Cl2N3O. The van der Waals surface area contributed by atoms with Crippen molar-refractivity contribution in [2.24, 2.45) is 0 Å². The minimum absolute atomic E-state index is 0.0943. The van der Waals surface area contributed by atoms with E-state index in [4.69, 9.17) is 23.2 Å². The lowest BCUT2D eigenvalue weighted by atomic mass is 10.1. The van der Waals surface area contributed by atoms with Gasteiger partial charge < -0.3 is 9.72 Å². The van der Waals surface area contributed by atoms with Crippen LogP contribution in [0.2, 0.25) is 10.0 Å². The second-order valence-corrected chi connectivity index (χ2v) is 5.73. The van der Waals surface area contributed by atoms with Crippen molar-refractivity contribution in [3.63, 3.8) is 0 Å². The van der Waals surface area contributed by atoms with E-state index in [1.54, 1.807) is 18.3 Å². The molecule has 0 unspecified atom stereocenters. The van der Waals surface area contributed by atoms with E-state index in [0.717, 1.165) is 16.9 Å². The number of nitrogens with zero attached hydrogens (tertiary/aromatic N) is 2. The molecule has 3 rings (SSSR count). The fourth-order valence-corrected chi connectivity index (χ4v) is 2.54. The standard InChI is InChI=1S/C16H13Cl2N3O/c17-12-5-6-15-20-13(10-21(15)9-12)8-19-16(22)7-11-3-1-2-4-14(11)18/h1-6,9-10H,7-8H2,(H,19,22). The number of amides is 1. The molecule has 0 saturated heterocycles. The normalized spacial score (nSPS) is 10.8. The highest BCUT2D eigenvalue weighted by molar-refractivity contribution is 6.31. The quantitative estimate of drug-likeness (QED) is 0.794. The van der Waals surface area contributed by atoms with Gasteiger partial charge >= 0.3 is 0 Å². The topological polar surface area (TPSA) is 46.4 Å². The summed E-state index contributed by atoms with van der Waals surface area (Å²) in [5, 5.41) is 4.08. The van der Waals surface area contributed by atoms with Gasteiger partial charge in [0.2, 0.25) is 5.91 Å². The Labute approximate surface area is 137 Å². The largest absolute Gasteiger partial charge is 0.350 e. The van der Waals surface area contributed by atoms with Crippen LogP contribution in [0.5, 0.6) is 0 Å². The monoisotopic (exact) mass is 333 g/mol. The lowest BCUT2D eigenvalue weighted by Crippen LogP contribution is -2.24. The van der Waals surface area contributed by atoms with E-state index < -0.39 is 0 Å². The van der Waals surface area contributed by atoms with Crippen LogP contribution in [0.15, 0.2) is 48.8 Å². The first-order chi connectivity index (χ1) is 10.6. The highest BCUT2D eigenvalue weighted by atomic mass is 35.5. The van der Waals surface area contributed by atoms with Gasteiger partial charge in [-0.3, -0.25) is 4.79 Å². The molecule has 0 saturated carbocycles. The van der Waals surface area contributed by atoms with E-state index in [9.17, 15) is 4.79 Å². The van der Waals surface area contributed by atoms with Gasteiger partial charge in [-0.2, -0.15) is 0 Å². The third-order valence-corrected chi connectivity index (χ3v) is 3.83. The number of carbonyl (C=O) groups excluding carboxylic acids is 1. The molecule has 4 nitrogen and oxygen atoms in total. The Morgan fingerprint density at radius 3 is 2.77 bits per heavy atom. The van der Waals surface area contributed by atoms with Gasteiger partial charge in [0, 0.05) is 17.4 Å². The molecule has 2 heterocycles. The molecule has 2 aromatic heterocycles. The molecule has 0 bridgehead atoms. The van der Waals surface area contributed by atoms with E-state index in [-0.39, 0.29) is 12.3 Å². The van der Waals surface area contributed by atoms with Crippen LogP contribution in [-0.4, -0.2) is 15.3 Å². The maximum atomic E-state index is 12.0. The number of pyridine rings is 1. The Morgan fingerprint density at radius 2 is 1.95 bits per heavy atom. The van der Waals surface area contributed by atoms with Crippen molar-refractivity contribution in [3.8, 4) is 0 Å². The fourth-order valence-electron chi connectivity index (χ4n) is 2.17. The predicted molar refractivity (Wildman–Crippen MR) is 87.2 cm³/mol. The Bertz CT molecular complexity index is 829. The van der Waals surface area contributed by atoms with E-state index in [1.165, 1.54) is 0 Å². The summed E-state index contributed by atoms with van der Waals surface area (Å²) < 4.78 is 1.83. The molecular weight excluding hydrogens is 321 g/mol. The molecule has 0 radical (unpaired) electrons. The number of aromatic nitrogens is 2. The summed E-state index contributed by atoms with van der Waals surface area (Å²) in [7, 11) is 0. The van der Waals surface area contributed by atoms with Crippen molar-refractivity contribution < 1.29 is 4.79 Å². The average Bonchev–Trinajstić information content (AvgIpc) is 2.89. The van der Waals surface area contributed by atoms with Crippen molar-refractivity contribution in [2.75, 3.05) is 0 Å². The number of rotatable bonds is 4. The number of hydrogen-bond acceptors (Lipinski definition) is 2. The lowest BCUT2D eigenvalue weighted by Gasteiger charge is -2.05. The Balaban J connectivity index is 1.63. The molecule has 3 aromatic rings. The molecule has 0 aliphatic heterocycles. The van der Waals surface area contributed by atoms with Gasteiger partial charge in [-0.05, 0) is 23.8 Å². The van der Waals surface area contributed by atoms with Crippen molar-refractivity contribution in [3.05, 3.63) is 70.1 Å². The highest BCUT2D eigenvalue weighted by Crippen LogP contribution is 2.15. The first-order valence-electron chi connectivity index (χ1n) is 6.75. The number of fused-ring (bicyclic) bond motifs is 1. The Morgan fingerprint density at radius 1 is 1.14 bits per heavy atom. The molecule has 1 aromatic carbocycles. The maximum absolute atomic E-state index is 12.0. The van der Waals surface area contributed by atoms with Crippen LogP contribution in [0.3, 0.4) is 0 Å². The van der Waals surface area contributed by atoms with Crippen molar-refractivity contribution in [1.29, 1.82) is 0 Å². The number of carbonyl (C=O) groups is 1. The van der Waals surface area contributed by atoms with Crippen LogP contribution in [0, 0.1) is 0 Å². The van der Waals surface area contributed by atoms with Gasteiger partial charge in [0.05, 0.1) is 23.7 Å². The SMILES string of the molecule is O=C(Cc1ccccc1Cl)NCc1cn2cc(Cl)ccc2n1. The molecule has 112 valence electrons. The smallest absolute Gasteiger partial charge is 0.224 e.